The minimum atomic E-state index is -1.08. The number of amides is 4. The number of nitrogens with one attached hydrogen (secondary N) is 4. The summed E-state index contributed by atoms with van der Waals surface area (Å²) in [5.74, 6) is -3.53. The van der Waals surface area contributed by atoms with Crippen LogP contribution in [0.15, 0.2) is 91.0 Å². The molecule has 0 heterocycles. The summed E-state index contributed by atoms with van der Waals surface area (Å²) in [5.41, 5.74) is 2.25. The third-order valence-electron chi connectivity index (χ3n) is 6.71. The van der Waals surface area contributed by atoms with Crippen LogP contribution >= 0.6 is 0 Å². The number of ketones is 1. The summed E-state index contributed by atoms with van der Waals surface area (Å²) in [6.07, 6.45) is 0.766. The summed E-state index contributed by atoms with van der Waals surface area (Å²) in [5, 5.41) is 10.6. The molecule has 9 nitrogen and oxygen atoms in total. The molecule has 9 heteroatoms. The van der Waals surface area contributed by atoms with E-state index in [1.807, 2.05) is 60.7 Å². The Balaban J connectivity index is 1.61. The van der Waals surface area contributed by atoms with Gasteiger partial charge in [-0.05, 0) is 42.5 Å². The maximum Gasteiger partial charge on any atom is 0.289 e. The third kappa shape index (κ3) is 9.69. The third-order valence-corrected chi connectivity index (χ3v) is 6.71. The van der Waals surface area contributed by atoms with Gasteiger partial charge in [-0.2, -0.15) is 0 Å². The van der Waals surface area contributed by atoms with Crippen LogP contribution in [0.25, 0.3) is 0 Å². The number of hydrogen-bond acceptors (Lipinski definition) is 5. The number of rotatable bonds is 14. The molecule has 42 heavy (non-hydrogen) atoms. The zero-order chi connectivity index (χ0) is 30.5. The second-order valence-corrected chi connectivity index (χ2v) is 10.4. The van der Waals surface area contributed by atoms with E-state index in [4.69, 9.17) is 0 Å². The summed E-state index contributed by atoms with van der Waals surface area (Å²) in [7, 11) is 0. The number of carbonyl (C=O) groups excluding carboxylic acids is 5. The van der Waals surface area contributed by atoms with Crippen molar-refractivity contribution in [1.82, 2.24) is 21.3 Å². The van der Waals surface area contributed by atoms with Gasteiger partial charge < -0.3 is 21.3 Å². The van der Waals surface area contributed by atoms with Crippen LogP contribution in [0.2, 0.25) is 0 Å². The molecule has 4 N–H and O–H groups in total. The Bertz CT molecular complexity index is 1350. The van der Waals surface area contributed by atoms with Gasteiger partial charge in [0.25, 0.3) is 11.8 Å². The lowest BCUT2D eigenvalue weighted by atomic mass is 9.98. The highest BCUT2D eigenvalue weighted by atomic mass is 16.2. The van der Waals surface area contributed by atoms with E-state index >= 15 is 0 Å². The molecule has 220 valence electrons. The highest BCUT2D eigenvalue weighted by Crippen LogP contribution is 2.08. The van der Waals surface area contributed by atoms with Crippen molar-refractivity contribution in [2.75, 3.05) is 6.54 Å². The molecule has 3 aromatic carbocycles. The molecule has 3 atom stereocenters. The molecule has 0 radical (unpaired) electrons. The van der Waals surface area contributed by atoms with Crippen LogP contribution in [0.3, 0.4) is 0 Å². The van der Waals surface area contributed by atoms with Crippen LogP contribution in [0.1, 0.15) is 42.3 Å². The summed E-state index contributed by atoms with van der Waals surface area (Å²) in [4.78, 5) is 64.7. The van der Waals surface area contributed by atoms with Crippen LogP contribution in [-0.2, 0) is 32.0 Å². The molecule has 0 fully saturated rings. The van der Waals surface area contributed by atoms with E-state index in [-0.39, 0.29) is 18.9 Å². The highest BCUT2D eigenvalue weighted by molar-refractivity contribution is 6.38. The molecule has 0 aliphatic heterocycles. The summed E-state index contributed by atoms with van der Waals surface area (Å²) in [6, 6.07) is 24.2. The van der Waals surface area contributed by atoms with Crippen LogP contribution in [0.4, 0.5) is 0 Å². The Kier molecular flexibility index (Phi) is 12.0. The molecule has 0 saturated carbocycles. The van der Waals surface area contributed by atoms with Crippen LogP contribution < -0.4 is 21.3 Å². The first-order chi connectivity index (χ1) is 20.2. The van der Waals surface area contributed by atoms with Gasteiger partial charge in [-0.3, -0.25) is 24.0 Å². The molecule has 3 unspecified atom stereocenters. The fraction of sp³-hybridized carbons (Fsp3) is 0.303. The smallest absolute Gasteiger partial charge is 0.289 e. The van der Waals surface area contributed by atoms with E-state index in [2.05, 4.69) is 21.3 Å². The largest absolute Gasteiger partial charge is 0.349 e. The van der Waals surface area contributed by atoms with Gasteiger partial charge in [-0.25, -0.2) is 0 Å². The van der Waals surface area contributed by atoms with Gasteiger partial charge in [0, 0.05) is 18.5 Å². The zero-order valence-corrected chi connectivity index (χ0v) is 24.1. The molecule has 0 spiro atoms. The first kappa shape index (κ1) is 31.7. The first-order valence-corrected chi connectivity index (χ1v) is 14.0. The van der Waals surface area contributed by atoms with Crippen molar-refractivity contribution in [2.45, 2.75) is 51.7 Å². The molecule has 0 saturated heterocycles. The highest BCUT2D eigenvalue weighted by Gasteiger charge is 2.32. The molecule has 3 rings (SSSR count). The van der Waals surface area contributed by atoms with E-state index in [1.165, 1.54) is 6.92 Å². The van der Waals surface area contributed by atoms with Crippen LogP contribution in [-0.4, -0.2) is 54.1 Å². The topological polar surface area (TPSA) is 133 Å². The Morgan fingerprint density at radius 3 is 1.76 bits per heavy atom. The van der Waals surface area contributed by atoms with Gasteiger partial charge in [0.2, 0.25) is 17.6 Å². The summed E-state index contributed by atoms with van der Waals surface area (Å²) in [6.45, 7) is 5.20. The van der Waals surface area contributed by atoms with Crippen molar-refractivity contribution < 1.29 is 24.0 Å². The van der Waals surface area contributed by atoms with E-state index in [1.54, 1.807) is 44.2 Å². The number of hydrogen-bond donors (Lipinski definition) is 4. The Morgan fingerprint density at radius 2 is 1.19 bits per heavy atom. The van der Waals surface area contributed by atoms with E-state index in [0.717, 1.165) is 11.1 Å². The van der Waals surface area contributed by atoms with Crippen molar-refractivity contribution in [3.05, 3.63) is 108 Å². The summed E-state index contributed by atoms with van der Waals surface area (Å²) >= 11 is 0. The minimum Gasteiger partial charge on any atom is -0.349 e. The number of Topliss-reactive ketones (excluding diaryl/α,β-unsaturated/α-hetero) is 1. The average Bonchev–Trinajstić information content (AvgIpc) is 3.00. The van der Waals surface area contributed by atoms with Gasteiger partial charge in [-0.15, -0.1) is 0 Å². The standard InChI is InChI=1S/C33H38N4O5/c1-22(2)28(29(38)33(42)34-20-19-24-13-7-4-8-14-24)37-30(39)23(3)35-32(41)27(21-25-15-9-5-10-16-25)36-31(40)26-17-11-6-12-18-26/h4-18,22-23,27-28H,19-21H2,1-3H3,(H,34,42)(H,35,41)(H,36,40)(H,37,39). The molecule has 0 aromatic heterocycles. The lowest BCUT2D eigenvalue weighted by molar-refractivity contribution is -0.141. The molecular weight excluding hydrogens is 532 g/mol. The quantitative estimate of drug-likeness (QED) is 0.221. The molecule has 4 amide bonds. The van der Waals surface area contributed by atoms with Gasteiger partial charge >= 0.3 is 0 Å². The number of carbonyl (C=O) groups is 5. The molecular formula is C33H38N4O5. The second kappa shape index (κ2) is 15.9. The number of benzene rings is 3. The monoisotopic (exact) mass is 570 g/mol. The Hall–Kier alpha value is -4.79. The van der Waals surface area contributed by atoms with E-state index in [0.29, 0.717) is 12.0 Å². The first-order valence-electron chi connectivity index (χ1n) is 14.0. The molecule has 0 bridgehead atoms. The van der Waals surface area contributed by atoms with Gasteiger partial charge in [0.1, 0.15) is 12.1 Å². The van der Waals surface area contributed by atoms with Gasteiger partial charge in [0.05, 0.1) is 6.04 Å². The van der Waals surface area contributed by atoms with Crippen LogP contribution in [0.5, 0.6) is 0 Å². The predicted molar refractivity (Wildman–Crippen MR) is 160 cm³/mol. The van der Waals surface area contributed by atoms with E-state index in [9.17, 15) is 24.0 Å². The lowest BCUT2D eigenvalue weighted by Gasteiger charge is -2.25. The molecule has 3 aromatic rings. The van der Waals surface area contributed by atoms with Crippen LogP contribution in [0, 0.1) is 5.92 Å². The Labute approximate surface area is 246 Å². The second-order valence-electron chi connectivity index (χ2n) is 10.4. The Morgan fingerprint density at radius 1 is 0.643 bits per heavy atom. The SMILES string of the molecule is CC(NC(=O)C(Cc1ccccc1)NC(=O)c1ccccc1)C(=O)NC(C(=O)C(=O)NCCc1ccccc1)C(C)C. The van der Waals surface area contributed by atoms with Crippen molar-refractivity contribution in [3.8, 4) is 0 Å². The lowest BCUT2D eigenvalue weighted by Crippen LogP contribution is -2.57. The van der Waals surface area contributed by atoms with Crippen molar-refractivity contribution in [1.29, 1.82) is 0 Å². The average molecular weight is 571 g/mol. The van der Waals surface area contributed by atoms with Crippen molar-refractivity contribution in [2.24, 2.45) is 5.92 Å². The maximum absolute atomic E-state index is 13.3. The summed E-state index contributed by atoms with van der Waals surface area (Å²) < 4.78 is 0. The fourth-order valence-electron chi connectivity index (χ4n) is 4.28. The zero-order valence-electron chi connectivity index (χ0n) is 24.1. The molecule has 0 aliphatic carbocycles. The van der Waals surface area contributed by atoms with E-state index < -0.39 is 47.5 Å². The normalized spacial score (nSPS) is 12.9. The maximum atomic E-state index is 13.3. The van der Waals surface area contributed by atoms with Gasteiger partial charge in [0.15, 0.2) is 0 Å². The predicted octanol–water partition coefficient (Wildman–Crippen LogP) is 2.60. The van der Waals surface area contributed by atoms with Gasteiger partial charge in [-0.1, -0.05) is 92.7 Å². The molecule has 0 aliphatic rings. The van der Waals surface area contributed by atoms with Crippen molar-refractivity contribution >= 4 is 29.4 Å². The fourth-order valence-corrected chi connectivity index (χ4v) is 4.28. The minimum absolute atomic E-state index is 0.204. The van der Waals surface area contributed by atoms with Crippen molar-refractivity contribution in [3.63, 3.8) is 0 Å².